The van der Waals surface area contributed by atoms with Crippen LogP contribution < -0.4 is 14.8 Å². The molecular weight excluding hydrogens is 450 g/mol. The van der Waals surface area contributed by atoms with E-state index < -0.39 is 5.97 Å². The molecule has 1 heterocycles. The highest BCUT2D eigenvalue weighted by Crippen LogP contribution is 2.32. The Labute approximate surface area is 204 Å². The predicted octanol–water partition coefficient (Wildman–Crippen LogP) is 3.52. The number of carboxylic acid groups (broad SMARTS) is 1. The Morgan fingerprint density at radius 2 is 1.89 bits per heavy atom. The fourth-order valence-electron chi connectivity index (χ4n) is 4.22. The Balaban J connectivity index is 1.91. The van der Waals surface area contributed by atoms with Crippen LogP contribution in [-0.2, 0) is 13.0 Å². The number of nitrogens with one attached hydrogen (secondary N) is 2. The quantitative estimate of drug-likeness (QED) is 0.419. The molecule has 0 radical (unpaired) electrons. The van der Waals surface area contributed by atoms with Crippen molar-refractivity contribution in [1.82, 2.24) is 10.2 Å². The molecule has 0 saturated carbocycles. The molecule has 0 fully saturated rings. The number of amides is 1. The first kappa shape index (κ1) is 25.7. The number of rotatable bonds is 11. The van der Waals surface area contributed by atoms with Crippen LogP contribution in [0.25, 0.3) is 0 Å². The van der Waals surface area contributed by atoms with E-state index in [-0.39, 0.29) is 40.9 Å². The molecule has 1 aliphatic heterocycles. The number of hydrogen-bond donors (Lipinski definition) is 3. The first-order chi connectivity index (χ1) is 16.7. The van der Waals surface area contributed by atoms with E-state index in [2.05, 4.69) is 5.32 Å². The molecule has 2 aromatic rings. The lowest BCUT2D eigenvalue weighted by atomic mass is 9.97. The number of hydrogen-bond acceptors (Lipinski definition) is 6. The molecule has 9 nitrogen and oxygen atoms in total. The number of fused-ring (bicyclic) bond motifs is 1. The van der Waals surface area contributed by atoms with Crippen LogP contribution in [0.15, 0.2) is 24.3 Å². The van der Waals surface area contributed by atoms with Crippen molar-refractivity contribution >= 4 is 23.5 Å². The van der Waals surface area contributed by atoms with Gasteiger partial charge in [-0.1, -0.05) is 13.3 Å². The standard InChI is InChI=1S/C26H31N3O6/c1-5-7-8-15-9-16(10-20(26(32)33)23(15)34-4)21(30)14-29-13-17-11-22(35-6-2)19(25(31)28-3)12-18(17)24(29)27/h9-12,27H,5-8,13-14H2,1-4H3,(H,28,31)(H,32,33). The van der Waals surface area contributed by atoms with Crippen molar-refractivity contribution in [3.05, 3.63) is 57.6 Å². The maximum atomic E-state index is 13.2. The van der Waals surface area contributed by atoms with Crippen LogP contribution in [-0.4, -0.2) is 60.8 Å². The Kier molecular flexibility index (Phi) is 8.11. The number of carbonyl (C=O) groups excluding carboxylic acids is 2. The van der Waals surface area contributed by atoms with E-state index >= 15 is 0 Å². The highest BCUT2D eigenvalue weighted by atomic mass is 16.5. The van der Waals surface area contributed by atoms with Gasteiger partial charge in [-0.05, 0) is 55.2 Å². The van der Waals surface area contributed by atoms with Crippen LogP contribution in [0.2, 0.25) is 0 Å². The number of aryl methyl sites for hydroxylation is 1. The van der Waals surface area contributed by atoms with Gasteiger partial charge >= 0.3 is 5.97 Å². The summed E-state index contributed by atoms with van der Waals surface area (Å²) in [5.74, 6) is -0.970. The van der Waals surface area contributed by atoms with Gasteiger partial charge in [0.15, 0.2) is 5.78 Å². The lowest BCUT2D eigenvalue weighted by Gasteiger charge is -2.18. The first-order valence-corrected chi connectivity index (χ1v) is 11.6. The van der Waals surface area contributed by atoms with Gasteiger partial charge in [0.25, 0.3) is 5.91 Å². The molecule has 0 aromatic heterocycles. The lowest BCUT2D eigenvalue weighted by molar-refractivity contribution is 0.0692. The number of carbonyl (C=O) groups is 3. The predicted molar refractivity (Wildman–Crippen MR) is 131 cm³/mol. The van der Waals surface area contributed by atoms with Crippen LogP contribution in [0.3, 0.4) is 0 Å². The monoisotopic (exact) mass is 481 g/mol. The Morgan fingerprint density at radius 3 is 2.49 bits per heavy atom. The highest BCUT2D eigenvalue weighted by molar-refractivity contribution is 6.08. The molecule has 9 heteroatoms. The summed E-state index contributed by atoms with van der Waals surface area (Å²) in [6.45, 7) is 4.43. The van der Waals surface area contributed by atoms with Crippen molar-refractivity contribution in [2.45, 2.75) is 39.7 Å². The Hall–Kier alpha value is -3.88. The van der Waals surface area contributed by atoms with Crippen molar-refractivity contribution < 1.29 is 29.0 Å². The average Bonchev–Trinajstić information content (AvgIpc) is 3.14. The molecular formula is C26H31N3O6. The molecule has 0 saturated heterocycles. The van der Waals surface area contributed by atoms with Gasteiger partial charge in [-0.25, -0.2) is 4.79 Å². The minimum atomic E-state index is -1.17. The van der Waals surface area contributed by atoms with Gasteiger partial charge in [0, 0.05) is 24.7 Å². The van der Waals surface area contributed by atoms with E-state index in [0.29, 0.717) is 42.0 Å². The fraction of sp³-hybridized carbons (Fsp3) is 0.385. The maximum Gasteiger partial charge on any atom is 0.339 e. The van der Waals surface area contributed by atoms with Crippen LogP contribution in [0.1, 0.15) is 74.5 Å². The van der Waals surface area contributed by atoms with Crippen molar-refractivity contribution in [1.29, 1.82) is 5.41 Å². The second-order valence-corrected chi connectivity index (χ2v) is 8.27. The number of benzene rings is 2. The van der Waals surface area contributed by atoms with Crippen LogP contribution in [0.5, 0.6) is 11.5 Å². The number of carboxylic acids is 1. The summed E-state index contributed by atoms with van der Waals surface area (Å²) in [6, 6.07) is 6.38. The van der Waals surface area contributed by atoms with Gasteiger partial charge in [-0.3, -0.25) is 15.0 Å². The molecule has 3 rings (SSSR count). The number of aromatic carboxylic acids is 1. The summed E-state index contributed by atoms with van der Waals surface area (Å²) in [4.78, 5) is 39.0. The largest absolute Gasteiger partial charge is 0.496 e. The summed E-state index contributed by atoms with van der Waals surface area (Å²) in [7, 11) is 2.95. The molecule has 0 bridgehead atoms. The number of ketones is 1. The van der Waals surface area contributed by atoms with E-state index in [9.17, 15) is 19.5 Å². The van der Waals surface area contributed by atoms with E-state index in [1.54, 1.807) is 23.1 Å². The highest BCUT2D eigenvalue weighted by Gasteiger charge is 2.30. The maximum absolute atomic E-state index is 13.2. The summed E-state index contributed by atoms with van der Waals surface area (Å²) in [6.07, 6.45) is 2.33. The third kappa shape index (κ3) is 5.29. The van der Waals surface area contributed by atoms with Crippen molar-refractivity contribution in [3.8, 4) is 11.5 Å². The number of amidine groups is 1. The number of ether oxygens (including phenoxy) is 2. The van der Waals surface area contributed by atoms with Crippen molar-refractivity contribution in [3.63, 3.8) is 0 Å². The summed E-state index contributed by atoms with van der Waals surface area (Å²) < 4.78 is 11.0. The molecule has 2 aromatic carbocycles. The summed E-state index contributed by atoms with van der Waals surface area (Å²) in [5.41, 5.74) is 2.55. The summed E-state index contributed by atoms with van der Waals surface area (Å²) in [5, 5.41) is 20.9. The first-order valence-electron chi connectivity index (χ1n) is 11.6. The molecule has 0 atom stereocenters. The average molecular weight is 482 g/mol. The summed E-state index contributed by atoms with van der Waals surface area (Å²) >= 11 is 0. The minimum absolute atomic E-state index is 0.0548. The van der Waals surface area contributed by atoms with Gasteiger partial charge in [0.1, 0.15) is 22.9 Å². The fourth-order valence-corrected chi connectivity index (χ4v) is 4.22. The third-order valence-electron chi connectivity index (χ3n) is 5.97. The molecule has 3 N–H and O–H groups in total. The zero-order valence-electron chi connectivity index (χ0n) is 20.5. The van der Waals surface area contributed by atoms with E-state index in [0.717, 1.165) is 18.4 Å². The van der Waals surface area contributed by atoms with Crippen LogP contribution in [0.4, 0.5) is 0 Å². The smallest absolute Gasteiger partial charge is 0.339 e. The van der Waals surface area contributed by atoms with Gasteiger partial charge < -0.3 is 24.8 Å². The topological polar surface area (TPSA) is 129 Å². The van der Waals surface area contributed by atoms with E-state index in [1.807, 2.05) is 13.8 Å². The molecule has 0 unspecified atom stereocenters. The van der Waals surface area contributed by atoms with Gasteiger partial charge in [0.2, 0.25) is 0 Å². The second-order valence-electron chi connectivity index (χ2n) is 8.27. The number of unbranched alkanes of at least 4 members (excludes halogenated alkanes) is 1. The van der Waals surface area contributed by atoms with Crippen LogP contribution >= 0.6 is 0 Å². The lowest BCUT2D eigenvalue weighted by Crippen LogP contribution is -2.30. The second kappa shape index (κ2) is 11.0. The SMILES string of the molecule is CCCCc1cc(C(=O)CN2Cc3cc(OCC)c(C(=O)NC)cc3C2=N)cc(C(=O)O)c1OC. The Morgan fingerprint density at radius 1 is 1.14 bits per heavy atom. The normalized spacial score (nSPS) is 12.3. The number of Topliss-reactive ketones (excluding diaryl/α,β-unsaturated/α-hetero) is 1. The van der Waals surface area contributed by atoms with Crippen LogP contribution in [0, 0.1) is 5.41 Å². The number of nitrogens with zero attached hydrogens (tertiary/aromatic N) is 1. The van der Waals surface area contributed by atoms with E-state index in [1.165, 1.54) is 20.2 Å². The molecule has 1 amide bonds. The Bertz CT molecular complexity index is 1170. The molecule has 35 heavy (non-hydrogen) atoms. The number of methoxy groups -OCH3 is 1. The zero-order chi connectivity index (χ0) is 25.7. The van der Waals surface area contributed by atoms with E-state index in [4.69, 9.17) is 14.9 Å². The minimum Gasteiger partial charge on any atom is -0.496 e. The molecule has 186 valence electrons. The van der Waals surface area contributed by atoms with Gasteiger partial charge in [-0.2, -0.15) is 0 Å². The van der Waals surface area contributed by atoms with Crippen molar-refractivity contribution in [2.75, 3.05) is 27.3 Å². The zero-order valence-corrected chi connectivity index (χ0v) is 20.5. The van der Waals surface area contributed by atoms with Gasteiger partial charge in [0.05, 0.1) is 25.8 Å². The third-order valence-corrected chi connectivity index (χ3v) is 5.97. The molecule has 0 aliphatic carbocycles. The van der Waals surface area contributed by atoms with Crippen molar-refractivity contribution in [2.24, 2.45) is 0 Å². The molecule has 0 spiro atoms. The van der Waals surface area contributed by atoms with Gasteiger partial charge in [-0.15, -0.1) is 0 Å². The molecule has 1 aliphatic rings.